The van der Waals surface area contributed by atoms with Crippen LogP contribution in [-0.4, -0.2) is 37.7 Å². The highest BCUT2D eigenvalue weighted by Gasteiger charge is 2.38. The minimum absolute atomic E-state index is 0.211. The van der Waals surface area contributed by atoms with Gasteiger partial charge in [-0.3, -0.25) is 4.79 Å². The first-order valence-electron chi connectivity index (χ1n) is 10.7. The number of benzene rings is 1. The van der Waals surface area contributed by atoms with E-state index in [2.05, 4.69) is 26.1 Å². The molecule has 0 aromatic heterocycles. The number of rotatable bonds is 13. The number of amides is 1. The SMILES string of the molecule is CCCC[P+](CCCC)(CCCC)CC(=O)Nc1c(C)cc(OC)cc1C. The molecule has 154 valence electrons. The molecule has 0 aliphatic carbocycles. The smallest absolute Gasteiger partial charge is 0.261 e. The second kappa shape index (κ2) is 12.4. The standard InChI is InChI=1S/C23H40NO2P/c1-7-10-13-27(14-11-8-2,15-12-9-3)18-22(25)24-23-19(4)16-21(26-6)17-20(23)5/h16-17H,7-15,18H2,1-6H3/p+1. The fraction of sp³-hybridized carbons (Fsp3) is 0.696. The molecule has 4 heteroatoms. The van der Waals surface area contributed by atoms with Gasteiger partial charge in [-0.15, -0.1) is 0 Å². The van der Waals surface area contributed by atoms with Gasteiger partial charge in [-0.05, 0) is 56.4 Å². The molecule has 0 bridgehead atoms. The third-order valence-corrected chi connectivity index (χ3v) is 10.2. The molecule has 0 unspecified atom stereocenters. The Kier molecular flexibility index (Phi) is 11.0. The Morgan fingerprint density at radius 2 is 1.37 bits per heavy atom. The van der Waals surface area contributed by atoms with Gasteiger partial charge in [0.25, 0.3) is 5.91 Å². The number of hydrogen-bond donors (Lipinski definition) is 1. The molecule has 0 saturated heterocycles. The van der Waals surface area contributed by atoms with Crippen LogP contribution in [-0.2, 0) is 4.79 Å². The number of unbranched alkanes of at least 4 members (excludes halogenated alkanes) is 3. The second-order valence-electron chi connectivity index (χ2n) is 7.92. The fourth-order valence-corrected chi connectivity index (χ4v) is 8.57. The van der Waals surface area contributed by atoms with Crippen LogP contribution in [0.2, 0.25) is 0 Å². The highest BCUT2D eigenvalue weighted by atomic mass is 31.2. The molecule has 1 aromatic rings. The van der Waals surface area contributed by atoms with Gasteiger partial charge in [0.05, 0.1) is 25.6 Å². The summed E-state index contributed by atoms with van der Waals surface area (Å²) in [5.41, 5.74) is 3.10. The van der Waals surface area contributed by atoms with E-state index in [-0.39, 0.29) is 5.91 Å². The first kappa shape index (κ1) is 24.0. The number of aryl methyl sites for hydroxylation is 2. The summed E-state index contributed by atoms with van der Waals surface area (Å²) in [6.07, 6.45) is 12.0. The number of ether oxygens (including phenoxy) is 1. The number of hydrogen-bond acceptors (Lipinski definition) is 2. The van der Waals surface area contributed by atoms with E-state index < -0.39 is 7.26 Å². The van der Waals surface area contributed by atoms with Gasteiger partial charge in [-0.1, -0.05) is 40.0 Å². The molecule has 27 heavy (non-hydrogen) atoms. The normalized spacial score (nSPS) is 11.5. The first-order valence-corrected chi connectivity index (χ1v) is 13.2. The third-order valence-electron chi connectivity index (χ3n) is 5.44. The van der Waals surface area contributed by atoms with Crippen LogP contribution in [0.3, 0.4) is 0 Å². The van der Waals surface area contributed by atoms with Crippen molar-refractivity contribution in [2.75, 3.05) is 37.1 Å². The summed E-state index contributed by atoms with van der Waals surface area (Å²) in [5.74, 6) is 1.06. The van der Waals surface area contributed by atoms with E-state index >= 15 is 0 Å². The lowest BCUT2D eigenvalue weighted by Gasteiger charge is -2.27. The van der Waals surface area contributed by atoms with Crippen LogP contribution in [0.1, 0.15) is 70.4 Å². The lowest BCUT2D eigenvalue weighted by Crippen LogP contribution is -2.24. The Labute approximate surface area is 168 Å². The first-order chi connectivity index (χ1) is 12.9. The lowest BCUT2D eigenvalue weighted by atomic mass is 10.1. The van der Waals surface area contributed by atoms with Crippen molar-refractivity contribution < 1.29 is 9.53 Å². The predicted octanol–water partition coefficient (Wildman–Crippen LogP) is 6.67. The molecule has 3 nitrogen and oxygen atoms in total. The molecule has 0 atom stereocenters. The molecule has 1 aromatic carbocycles. The van der Waals surface area contributed by atoms with Gasteiger partial charge < -0.3 is 10.1 Å². The van der Waals surface area contributed by atoms with Crippen LogP contribution < -0.4 is 10.1 Å². The quantitative estimate of drug-likeness (QED) is 0.379. The largest absolute Gasteiger partial charge is 0.497 e. The molecule has 0 fully saturated rings. The molecule has 0 saturated carbocycles. The highest BCUT2D eigenvalue weighted by Crippen LogP contribution is 2.60. The van der Waals surface area contributed by atoms with Gasteiger partial charge in [0.1, 0.15) is 11.9 Å². The van der Waals surface area contributed by atoms with Gasteiger partial charge in [-0.25, -0.2) is 0 Å². The maximum atomic E-state index is 13.1. The maximum absolute atomic E-state index is 13.1. The van der Waals surface area contributed by atoms with Gasteiger partial charge >= 0.3 is 0 Å². The molecule has 0 spiro atoms. The molecule has 0 aliphatic rings. The zero-order valence-corrected chi connectivity index (χ0v) is 19.4. The number of carbonyl (C=O) groups is 1. The van der Waals surface area contributed by atoms with Crippen LogP contribution in [0.25, 0.3) is 0 Å². The third kappa shape index (κ3) is 7.82. The number of nitrogens with one attached hydrogen (secondary N) is 1. The molecule has 1 rings (SSSR count). The van der Waals surface area contributed by atoms with E-state index in [1.807, 2.05) is 26.0 Å². The summed E-state index contributed by atoms with van der Waals surface area (Å²) in [6.45, 7) is 10.9. The van der Waals surface area contributed by atoms with Crippen molar-refractivity contribution in [1.82, 2.24) is 0 Å². The van der Waals surface area contributed by atoms with Crippen molar-refractivity contribution in [2.45, 2.75) is 73.1 Å². The van der Waals surface area contributed by atoms with E-state index in [9.17, 15) is 4.79 Å². The zero-order chi connectivity index (χ0) is 20.3. The predicted molar refractivity (Wildman–Crippen MR) is 122 cm³/mol. The summed E-state index contributed by atoms with van der Waals surface area (Å²) >= 11 is 0. The van der Waals surface area contributed by atoms with Crippen LogP contribution in [0.4, 0.5) is 5.69 Å². The second-order valence-corrected chi connectivity index (χ2v) is 12.3. The van der Waals surface area contributed by atoms with Crippen molar-refractivity contribution >= 4 is 18.9 Å². The zero-order valence-electron chi connectivity index (χ0n) is 18.5. The molecule has 0 radical (unpaired) electrons. The Morgan fingerprint density at radius 3 is 1.74 bits per heavy atom. The van der Waals surface area contributed by atoms with E-state index in [0.717, 1.165) is 28.7 Å². The molecule has 1 amide bonds. The molecular formula is C23H41NO2P+. The lowest BCUT2D eigenvalue weighted by molar-refractivity contribution is -0.113. The number of methoxy groups -OCH3 is 1. The highest BCUT2D eigenvalue weighted by molar-refractivity contribution is 7.76. The fourth-order valence-electron chi connectivity index (χ4n) is 3.78. The average Bonchev–Trinajstić information content (AvgIpc) is 2.65. The summed E-state index contributed by atoms with van der Waals surface area (Å²) in [6, 6.07) is 3.99. The summed E-state index contributed by atoms with van der Waals surface area (Å²) < 4.78 is 5.34. The van der Waals surface area contributed by atoms with Crippen molar-refractivity contribution in [3.63, 3.8) is 0 Å². The summed E-state index contributed by atoms with van der Waals surface area (Å²) in [5, 5.41) is 3.25. The van der Waals surface area contributed by atoms with Crippen molar-refractivity contribution in [3.05, 3.63) is 23.3 Å². The summed E-state index contributed by atoms with van der Waals surface area (Å²) in [4.78, 5) is 13.1. The van der Waals surface area contributed by atoms with Gasteiger partial charge in [0, 0.05) is 12.9 Å². The molecule has 1 N–H and O–H groups in total. The monoisotopic (exact) mass is 394 g/mol. The van der Waals surface area contributed by atoms with Crippen molar-refractivity contribution in [3.8, 4) is 5.75 Å². The molecule has 0 heterocycles. The van der Waals surface area contributed by atoms with Gasteiger partial charge in [-0.2, -0.15) is 0 Å². The van der Waals surface area contributed by atoms with Crippen LogP contribution in [0.5, 0.6) is 5.75 Å². The summed E-state index contributed by atoms with van der Waals surface area (Å²) in [7, 11) is 0.460. The average molecular weight is 395 g/mol. The van der Waals surface area contributed by atoms with E-state index in [1.54, 1.807) is 7.11 Å². The van der Waals surface area contributed by atoms with Crippen molar-refractivity contribution in [1.29, 1.82) is 0 Å². The van der Waals surface area contributed by atoms with Crippen LogP contribution in [0.15, 0.2) is 12.1 Å². The van der Waals surface area contributed by atoms with Gasteiger partial charge in [0.15, 0.2) is 0 Å². The van der Waals surface area contributed by atoms with E-state index in [0.29, 0.717) is 0 Å². The minimum Gasteiger partial charge on any atom is -0.497 e. The Balaban J connectivity index is 2.97. The molecule has 0 aliphatic heterocycles. The van der Waals surface area contributed by atoms with Crippen LogP contribution >= 0.6 is 7.26 Å². The Morgan fingerprint density at radius 1 is 0.926 bits per heavy atom. The van der Waals surface area contributed by atoms with Crippen LogP contribution in [0, 0.1) is 13.8 Å². The Bertz CT molecular complexity index is 541. The minimum atomic E-state index is -1.22. The van der Waals surface area contributed by atoms with Crippen molar-refractivity contribution in [2.24, 2.45) is 0 Å². The number of carbonyl (C=O) groups excluding carboxylic acids is 1. The Hall–Kier alpha value is -1.08. The van der Waals surface area contributed by atoms with Gasteiger partial charge in [0.2, 0.25) is 0 Å². The number of anilines is 1. The topological polar surface area (TPSA) is 38.3 Å². The molecular weight excluding hydrogens is 353 g/mol. The van der Waals surface area contributed by atoms with E-state index in [1.165, 1.54) is 57.0 Å². The van der Waals surface area contributed by atoms with E-state index in [4.69, 9.17) is 4.74 Å². The maximum Gasteiger partial charge on any atom is 0.261 e.